The van der Waals surface area contributed by atoms with Crippen molar-refractivity contribution in [1.82, 2.24) is 15.2 Å². The van der Waals surface area contributed by atoms with Crippen molar-refractivity contribution >= 4 is 11.3 Å². The average Bonchev–Trinajstić information content (AvgIpc) is 3.22. The fraction of sp³-hybridized carbons (Fsp3) is 0.348. The van der Waals surface area contributed by atoms with E-state index in [4.69, 9.17) is 9.72 Å². The number of benzene rings is 2. The van der Waals surface area contributed by atoms with E-state index in [-0.39, 0.29) is 11.9 Å². The number of hydrogen-bond donors (Lipinski definition) is 1. The van der Waals surface area contributed by atoms with E-state index < -0.39 is 0 Å². The van der Waals surface area contributed by atoms with Gasteiger partial charge in [0, 0.05) is 43.2 Å². The minimum atomic E-state index is -0.200. The largest absolute Gasteiger partial charge is 0.379 e. The minimum Gasteiger partial charge on any atom is -0.379 e. The van der Waals surface area contributed by atoms with Crippen LogP contribution in [0.2, 0.25) is 0 Å². The molecule has 29 heavy (non-hydrogen) atoms. The van der Waals surface area contributed by atoms with Crippen molar-refractivity contribution in [1.29, 1.82) is 0 Å². The summed E-state index contributed by atoms with van der Waals surface area (Å²) in [6.45, 7) is 6.84. The number of ether oxygens (including phenoxy) is 1. The molecule has 3 aromatic rings. The highest BCUT2D eigenvalue weighted by atomic mass is 32.1. The van der Waals surface area contributed by atoms with Crippen molar-refractivity contribution < 1.29 is 9.13 Å². The zero-order valence-electron chi connectivity index (χ0n) is 16.6. The Balaban J connectivity index is 1.40. The Morgan fingerprint density at radius 3 is 2.55 bits per heavy atom. The molecule has 1 N–H and O–H groups in total. The molecular weight excluding hydrogens is 385 g/mol. The third kappa shape index (κ3) is 5.28. The van der Waals surface area contributed by atoms with Gasteiger partial charge in [-0.2, -0.15) is 0 Å². The van der Waals surface area contributed by atoms with Crippen LogP contribution >= 0.6 is 11.3 Å². The van der Waals surface area contributed by atoms with Crippen LogP contribution in [-0.4, -0.2) is 42.7 Å². The monoisotopic (exact) mass is 411 g/mol. The smallest absolute Gasteiger partial charge is 0.123 e. The van der Waals surface area contributed by atoms with Crippen molar-refractivity contribution in [3.05, 3.63) is 76.5 Å². The summed E-state index contributed by atoms with van der Waals surface area (Å²) in [6.07, 6.45) is 0. The summed E-state index contributed by atoms with van der Waals surface area (Å²) < 4.78 is 18.9. The fourth-order valence-corrected chi connectivity index (χ4v) is 4.41. The summed E-state index contributed by atoms with van der Waals surface area (Å²) in [7, 11) is 0. The van der Waals surface area contributed by atoms with Gasteiger partial charge in [-0.05, 0) is 24.6 Å². The Kier molecular flexibility index (Phi) is 6.67. The first kappa shape index (κ1) is 20.2. The molecule has 1 fully saturated rings. The first-order valence-corrected chi connectivity index (χ1v) is 10.9. The summed E-state index contributed by atoms with van der Waals surface area (Å²) in [6, 6.07) is 15.5. The lowest BCUT2D eigenvalue weighted by Gasteiger charge is -2.35. The third-order valence-electron chi connectivity index (χ3n) is 5.24. The average molecular weight is 412 g/mol. The molecule has 152 valence electrons. The summed E-state index contributed by atoms with van der Waals surface area (Å²) in [5, 5.41) is 6.72. The molecule has 6 heteroatoms. The minimum absolute atomic E-state index is 0.190. The van der Waals surface area contributed by atoms with E-state index in [0.717, 1.165) is 54.7 Å². The standard InChI is InChI=1S/C23H26FN3OS/c1-17-2-4-19(5-3-17)23-26-21(16-29-23)14-25-15-22(27-10-12-28-13-11-27)18-6-8-20(24)9-7-18/h2-9,16,22,25H,10-15H2,1H3. The molecule has 0 amide bonds. The zero-order chi connectivity index (χ0) is 20.1. The molecular formula is C23H26FN3OS. The predicted octanol–water partition coefficient (Wildman–Crippen LogP) is 4.42. The van der Waals surface area contributed by atoms with Gasteiger partial charge in [-0.1, -0.05) is 42.0 Å². The predicted molar refractivity (Wildman–Crippen MR) is 116 cm³/mol. The van der Waals surface area contributed by atoms with Crippen LogP contribution < -0.4 is 5.32 Å². The van der Waals surface area contributed by atoms with E-state index >= 15 is 0 Å². The molecule has 2 heterocycles. The Bertz CT molecular complexity index is 905. The Morgan fingerprint density at radius 2 is 1.83 bits per heavy atom. The maximum atomic E-state index is 13.4. The first-order valence-electron chi connectivity index (χ1n) is 9.98. The number of hydrogen-bond acceptors (Lipinski definition) is 5. The van der Waals surface area contributed by atoms with Crippen molar-refractivity contribution in [2.45, 2.75) is 19.5 Å². The second-order valence-corrected chi connectivity index (χ2v) is 8.21. The van der Waals surface area contributed by atoms with Gasteiger partial charge in [0.2, 0.25) is 0 Å². The molecule has 1 atom stereocenters. The molecule has 0 aliphatic carbocycles. The lowest BCUT2D eigenvalue weighted by Crippen LogP contribution is -2.42. The molecule has 0 saturated carbocycles. The van der Waals surface area contributed by atoms with Crippen LogP contribution in [0.15, 0.2) is 53.9 Å². The number of nitrogens with one attached hydrogen (secondary N) is 1. The van der Waals surface area contributed by atoms with Crippen LogP contribution in [-0.2, 0) is 11.3 Å². The number of nitrogens with zero attached hydrogens (tertiary/aromatic N) is 2. The summed E-state index contributed by atoms with van der Waals surface area (Å²) in [4.78, 5) is 7.18. The SMILES string of the molecule is Cc1ccc(-c2nc(CNCC(c3ccc(F)cc3)N3CCOCC3)cs2)cc1. The Hall–Kier alpha value is -2.12. The van der Waals surface area contributed by atoms with Gasteiger partial charge in [0.15, 0.2) is 0 Å². The highest BCUT2D eigenvalue weighted by Gasteiger charge is 2.22. The number of morpholine rings is 1. The van der Waals surface area contributed by atoms with E-state index in [1.54, 1.807) is 11.3 Å². The quantitative estimate of drug-likeness (QED) is 0.625. The maximum Gasteiger partial charge on any atom is 0.123 e. The third-order valence-corrected chi connectivity index (χ3v) is 6.18. The molecule has 2 aromatic carbocycles. The number of rotatable bonds is 7. The van der Waals surface area contributed by atoms with Crippen LogP contribution in [0.4, 0.5) is 4.39 Å². The van der Waals surface area contributed by atoms with Gasteiger partial charge < -0.3 is 10.1 Å². The van der Waals surface area contributed by atoms with Gasteiger partial charge in [-0.15, -0.1) is 11.3 Å². The van der Waals surface area contributed by atoms with Gasteiger partial charge in [-0.25, -0.2) is 9.37 Å². The second kappa shape index (κ2) is 9.59. The second-order valence-electron chi connectivity index (χ2n) is 7.36. The molecule has 0 radical (unpaired) electrons. The highest BCUT2D eigenvalue weighted by Crippen LogP contribution is 2.25. The first-order chi connectivity index (χ1) is 14.2. The van der Waals surface area contributed by atoms with Crippen LogP contribution in [0.3, 0.4) is 0 Å². The number of aromatic nitrogens is 1. The molecule has 1 saturated heterocycles. The van der Waals surface area contributed by atoms with E-state index in [9.17, 15) is 4.39 Å². The van der Waals surface area contributed by atoms with Crippen molar-refractivity contribution in [3.8, 4) is 10.6 Å². The Morgan fingerprint density at radius 1 is 1.10 bits per heavy atom. The summed E-state index contributed by atoms with van der Waals surface area (Å²) in [5.41, 5.74) is 4.58. The van der Waals surface area contributed by atoms with Gasteiger partial charge in [0.1, 0.15) is 10.8 Å². The molecule has 1 unspecified atom stereocenters. The molecule has 1 aliphatic rings. The summed E-state index contributed by atoms with van der Waals surface area (Å²) in [5.74, 6) is -0.200. The molecule has 1 aromatic heterocycles. The van der Waals surface area contributed by atoms with Gasteiger partial charge in [-0.3, -0.25) is 4.90 Å². The van der Waals surface area contributed by atoms with Gasteiger partial charge in [0.05, 0.1) is 18.9 Å². The number of aryl methyl sites for hydroxylation is 1. The molecule has 4 rings (SSSR count). The van der Waals surface area contributed by atoms with Crippen molar-refractivity contribution in [3.63, 3.8) is 0 Å². The molecule has 4 nitrogen and oxygen atoms in total. The van der Waals surface area contributed by atoms with E-state index in [2.05, 4.69) is 46.8 Å². The van der Waals surface area contributed by atoms with E-state index in [0.29, 0.717) is 6.54 Å². The number of halogens is 1. The molecule has 1 aliphatic heterocycles. The normalized spacial score (nSPS) is 16.1. The fourth-order valence-electron chi connectivity index (χ4n) is 3.59. The van der Waals surface area contributed by atoms with Crippen LogP contribution in [0.1, 0.15) is 22.9 Å². The Labute approximate surface area is 175 Å². The van der Waals surface area contributed by atoms with Crippen LogP contribution in [0.25, 0.3) is 10.6 Å². The lowest BCUT2D eigenvalue weighted by molar-refractivity contribution is 0.0160. The van der Waals surface area contributed by atoms with E-state index in [1.807, 2.05) is 12.1 Å². The van der Waals surface area contributed by atoms with Crippen molar-refractivity contribution in [2.75, 3.05) is 32.8 Å². The van der Waals surface area contributed by atoms with Crippen LogP contribution in [0.5, 0.6) is 0 Å². The summed E-state index contributed by atoms with van der Waals surface area (Å²) >= 11 is 1.67. The highest BCUT2D eigenvalue weighted by molar-refractivity contribution is 7.13. The van der Waals surface area contributed by atoms with Crippen molar-refractivity contribution in [2.24, 2.45) is 0 Å². The van der Waals surface area contributed by atoms with E-state index in [1.165, 1.54) is 17.7 Å². The molecule has 0 spiro atoms. The van der Waals surface area contributed by atoms with Crippen LogP contribution in [0, 0.1) is 12.7 Å². The van der Waals surface area contributed by atoms with Gasteiger partial charge >= 0.3 is 0 Å². The topological polar surface area (TPSA) is 37.4 Å². The number of thiazole rings is 1. The zero-order valence-corrected chi connectivity index (χ0v) is 17.4. The lowest BCUT2D eigenvalue weighted by atomic mass is 10.0. The molecule has 0 bridgehead atoms. The maximum absolute atomic E-state index is 13.4. The van der Waals surface area contributed by atoms with Gasteiger partial charge in [0.25, 0.3) is 0 Å².